The minimum atomic E-state index is -0.902. The van der Waals surface area contributed by atoms with E-state index in [2.05, 4.69) is 5.32 Å². The molecule has 1 aliphatic heterocycles. The van der Waals surface area contributed by atoms with Gasteiger partial charge in [0, 0.05) is 13.0 Å². The summed E-state index contributed by atoms with van der Waals surface area (Å²) in [6, 6.07) is -0.388. The summed E-state index contributed by atoms with van der Waals surface area (Å²) in [4.78, 5) is 22.9. The van der Waals surface area contributed by atoms with Gasteiger partial charge in [0.2, 0.25) is 0 Å². The summed E-state index contributed by atoms with van der Waals surface area (Å²) in [5, 5.41) is 29.3. The van der Waals surface area contributed by atoms with Gasteiger partial charge in [0.25, 0.3) is 0 Å². The number of urea groups is 1. The Morgan fingerprint density at radius 3 is 2.31 bits per heavy atom. The van der Waals surface area contributed by atoms with Crippen LogP contribution in [-0.4, -0.2) is 64.1 Å². The lowest BCUT2D eigenvalue weighted by Crippen LogP contribution is -2.39. The SMILES string of the molecule is O=C(O)CCCNC(=O)N1CC(O)C(O)C1. The molecule has 0 bridgehead atoms. The van der Waals surface area contributed by atoms with Crippen LogP contribution in [0.5, 0.6) is 0 Å². The first-order chi connectivity index (χ1) is 7.50. The molecule has 1 heterocycles. The van der Waals surface area contributed by atoms with Gasteiger partial charge in [-0.2, -0.15) is 0 Å². The number of rotatable bonds is 4. The molecule has 0 aliphatic carbocycles. The van der Waals surface area contributed by atoms with Crippen molar-refractivity contribution in [3.8, 4) is 0 Å². The van der Waals surface area contributed by atoms with Crippen LogP contribution in [0.4, 0.5) is 4.79 Å². The molecule has 0 aromatic heterocycles. The molecule has 16 heavy (non-hydrogen) atoms. The van der Waals surface area contributed by atoms with E-state index < -0.39 is 18.2 Å². The van der Waals surface area contributed by atoms with Crippen LogP contribution in [0.15, 0.2) is 0 Å². The number of carboxylic acids is 1. The third-order valence-electron chi connectivity index (χ3n) is 2.39. The van der Waals surface area contributed by atoms with Gasteiger partial charge >= 0.3 is 12.0 Å². The number of β-amino-alcohol motifs (C(OH)–C–C–N with tert-alkyl or cyclic N) is 2. The van der Waals surface area contributed by atoms with Crippen molar-refractivity contribution in [2.24, 2.45) is 0 Å². The molecular weight excluding hydrogens is 216 g/mol. The molecule has 2 amide bonds. The van der Waals surface area contributed by atoms with Gasteiger partial charge in [0.05, 0.1) is 25.3 Å². The van der Waals surface area contributed by atoms with Crippen LogP contribution < -0.4 is 5.32 Å². The van der Waals surface area contributed by atoms with Gasteiger partial charge in [-0.15, -0.1) is 0 Å². The van der Waals surface area contributed by atoms with Crippen molar-refractivity contribution >= 4 is 12.0 Å². The van der Waals surface area contributed by atoms with Crippen LogP contribution in [0, 0.1) is 0 Å². The Labute approximate surface area is 92.7 Å². The molecule has 7 nitrogen and oxygen atoms in total. The van der Waals surface area contributed by atoms with Crippen molar-refractivity contribution < 1.29 is 24.9 Å². The zero-order chi connectivity index (χ0) is 12.1. The molecule has 1 fully saturated rings. The molecule has 0 radical (unpaired) electrons. The van der Waals surface area contributed by atoms with E-state index in [0.29, 0.717) is 6.42 Å². The van der Waals surface area contributed by atoms with Crippen LogP contribution in [0.3, 0.4) is 0 Å². The molecule has 4 N–H and O–H groups in total. The van der Waals surface area contributed by atoms with Gasteiger partial charge < -0.3 is 25.5 Å². The lowest BCUT2D eigenvalue weighted by Gasteiger charge is -2.15. The number of likely N-dealkylation sites (tertiary alicyclic amines) is 1. The summed E-state index contributed by atoms with van der Waals surface area (Å²) in [6.07, 6.45) is -1.43. The van der Waals surface area contributed by atoms with E-state index in [1.54, 1.807) is 0 Å². The van der Waals surface area contributed by atoms with Crippen molar-refractivity contribution in [1.29, 1.82) is 0 Å². The first kappa shape index (κ1) is 12.7. The summed E-state index contributed by atoms with van der Waals surface area (Å²) in [5.41, 5.74) is 0. The number of aliphatic hydroxyl groups excluding tert-OH is 2. The molecule has 7 heteroatoms. The summed E-state index contributed by atoms with van der Waals surface area (Å²) < 4.78 is 0. The number of carbonyl (C=O) groups is 2. The Hall–Kier alpha value is -1.34. The Morgan fingerprint density at radius 1 is 1.25 bits per heavy atom. The van der Waals surface area contributed by atoms with Crippen molar-refractivity contribution in [2.75, 3.05) is 19.6 Å². The second-order valence-electron chi connectivity index (χ2n) is 3.77. The van der Waals surface area contributed by atoms with E-state index in [4.69, 9.17) is 5.11 Å². The fourth-order valence-corrected chi connectivity index (χ4v) is 1.48. The number of nitrogens with zero attached hydrogens (tertiary/aromatic N) is 1. The fraction of sp³-hybridized carbons (Fsp3) is 0.778. The fourth-order valence-electron chi connectivity index (χ4n) is 1.48. The number of nitrogens with one attached hydrogen (secondary N) is 1. The molecular formula is C9H16N2O5. The molecule has 0 saturated carbocycles. The second kappa shape index (κ2) is 5.66. The first-order valence-corrected chi connectivity index (χ1v) is 5.11. The van der Waals surface area contributed by atoms with Crippen molar-refractivity contribution in [3.05, 3.63) is 0 Å². The molecule has 2 unspecified atom stereocenters. The van der Waals surface area contributed by atoms with E-state index in [1.807, 2.05) is 0 Å². The zero-order valence-electron chi connectivity index (χ0n) is 8.80. The van der Waals surface area contributed by atoms with Crippen LogP contribution >= 0.6 is 0 Å². The van der Waals surface area contributed by atoms with Gasteiger partial charge in [-0.25, -0.2) is 4.79 Å². The highest BCUT2D eigenvalue weighted by atomic mass is 16.4. The predicted octanol–water partition coefficient (Wildman–Crippen LogP) is -1.40. The highest BCUT2D eigenvalue weighted by Crippen LogP contribution is 2.09. The minimum Gasteiger partial charge on any atom is -0.481 e. The lowest BCUT2D eigenvalue weighted by atomic mass is 10.3. The number of carbonyl (C=O) groups excluding carboxylic acids is 1. The topological polar surface area (TPSA) is 110 Å². The van der Waals surface area contributed by atoms with Crippen molar-refractivity contribution in [2.45, 2.75) is 25.0 Å². The first-order valence-electron chi connectivity index (χ1n) is 5.11. The molecule has 1 rings (SSSR count). The van der Waals surface area contributed by atoms with Gasteiger partial charge in [-0.1, -0.05) is 0 Å². The summed E-state index contributed by atoms with van der Waals surface area (Å²) in [6.45, 7) is 0.478. The highest BCUT2D eigenvalue weighted by molar-refractivity contribution is 5.74. The molecule has 2 atom stereocenters. The molecule has 0 aromatic rings. The van der Waals surface area contributed by atoms with E-state index in [1.165, 1.54) is 4.90 Å². The number of hydrogen-bond acceptors (Lipinski definition) is 4. The number of carboxylic acid groups (broad SMARTS) is 1. The average Bonchev–Trinajstić information content (AvgIpc) is 2.54. The molecule has 0 spiro atoms. The van der Waals surface area contributed by atoms with Crippen LogP contribution in [0.2, 0.25) is 0 Å². The molecule has 1 aliphatic rings. The summed E-state index contributed by atoms with van der Waals surface area (Å²) in [7, 11) is 0. The average molecular weight is 232 g/mol. The molecule has 0 aromatic carbocycles. The van der Waals surface area contributed by atoms with Gasteiger partial charge in [-0.05, 0) is 6.42 Å². The number of aliphatic hydroxyl groups is 2. The van der Waals surface area contributed by atoms with Crippen molar-refractivity contribution in [3.63, 3.8) is 0 Å². The van der Waals surface area contributed by atoms with Crippen LogP contribution in [0.1, 0.15) is 12.8 Å². The standard InChI is InChI=1S/C9H16N2O5/c12-6-4-11(5-7(6)13)9(16)10-3-1-2-8(14)15/h6-7,12-13H,1-5H2,(H,10,16)(H,14,15). The zero-order valence-corrected chi connectivity index (χ0v) is 8.80. The van der Waals surface area contributed by atoms with Crippen molar-refractivity contribution in [1.82, 2.24) is 10.2 Å². The third kappa shape index (κ3) is 3.67. The van der Waals surface area contributed by atoms with E-state index in [0.717, 1.165) is 0 Å². The highest BCUT2D eigenvalue weighted by Gasteiger charge is 2.32. The second-order valence-corrected chi connectivity index (χ2v) is 3.77. The maximum Gasteiger partial charge on any atom is 0.317 e. The van der Waals surface area contributed by atoms with E-state index in [-0.39, 0.29) is 32.1 Å². The monoisotopic (exact) mass is 232 g/mol. The Bertz CT molecular complexity index is 261. The smallest absolute Gasteiger partial charge is 0.317 e. The van der Waals surface area contributed by atoms with Gasteiger partial charge in [0.1, 0.15) is 0 Å². The summed E-state index contributed by atoms with van der Waals surface area (Å²) >= 11 is 0. The molecule has 92 valence electrons. The van der Waals surface area contributed by atoms with E-state index in [9.17, 15) is 19.8 Å². The number of aliphatic carboxylic acids is 1. The minimum absolute atomic E-state index is 0.00549. The predicted molar refractivity (Wildman–Crippen MR) is 53.9 cm³/mol. The van der Waals surface area contributed by atoms with Gasteiger partial charge in [0.15, 0.2) is 0 Å². The Kier molecular flexibility index (Phi) is 4.51. The molecule has 1 saturated heterocycles. The van der Waals surface area contributed by atoms with E-state index >= 15 is 0 Å². The Balaban J connectivity index is 2.18. The quantitative estimate of drug-likeness (QED) is 0.445. The Morgan fingerprint density at radius 2 is 1.81 bits per heavy atom. The third-order valence-corrected chi connectivity index (χ3v) is 2.39. The number of amides is 2. The maximum absolute atomic E-state index is 11.4. The van der Waals surface area contributed by atoms with Crippen LogP contribution in [0.25, 0.3) is 0 Å². The normalized spacial score (nSPS) is 24.5. The van der Waals surface area contributed by atoms with Gasteiger partial charge in [-0.3, -0.25) is 4.79 Å². The summed E-state index contributed by atoms with van der Waals surface area (Å²) in [5.74, 6) is -0.902. The van der Waals surface area contributed by atoms with Crippen LogP contribution in [-0.2, 0) is 4.79 Å². The maximum atomic E-state index is 11.4. The largest absolute Gasteiger partial charge is 0.481 e. The lowest BCUT2D eigenvalue weighted by molar-refractivity contribution is -0.137. The number of hydrogen-bond donors (Lipinski definition) is 4.